The fraction of sp³-hybridized carbons (Fsp3) is 0.143. The lowest BCUT2D eigenvalue weighted by atomic mass is 10.2. The Morgan fingerprint density at radius 1 is 1.17 bits per heavy atom. The van der Waals surface area contributed by atoms with Gasteiger partial charge in [-0.2, -0.15) is 0 Å². The highest BCUT2D eigenvalue weighted by atomic mass is 79.9. The van der Waals surface area contributed by atoms with Crippen LogP contribution < -0.4 is 5.32 Å². The number of hydrogen-bond acceptors (Lipinski definition) is 2. The van der Waals surface area contributed by atoms with E-state index in [9.17, 15) is 0 Å². The van der Waals surface area contributed by atoms with Gasteiger partial charge in [0.05, 0.1) is 5.02 Å². The largest absolute Gasteiger partial charge is 0.316 e. The van der Waals surface area contributed by atoms with E-state index in [0.717, 1.165) is 20.9 Å². The van der Waals surface area contributed by atoms with Gasteiger partial charge in [-0.25, -0.2) is 0 Å². The summed E-state index contributed by atoms with van der Waals surface area (Å²) in [6, 6.07) is 14.3. The zero-order chi connectivity index (χ0) is 13.0. The molecule has 0 radical (unpaired) electrons. The fourth-order valence-electron chi connectivity index (χ4n) is 1.62. The Balaban J connectivity index is 2.30. The summed E-state index contributed by atoms with van der Waals surface area (Å²) in [6.45, 7) is 0.819. The van der Waals surface area contributed by atoms with Crippen LogP contribution in [-0.2, 0) is 6.54 Å². The summed E-state index contributed by atoms with van der Waals surface area (Å²) in [5.41, 5.74) is 1.22. The van der Waals surface area contributed by atoms with Crippen LogP contribution in [0, 0.1) is 0 Å². The second kappa shape index (κ2) is 6.62. The van der Waals surface area contributed by atoms with E-state index in [2.05, 4.69) is 39.4 Å². The van der Waals surface area contributed by atoms with Crippen molar-refractivity contribution in [2.75, 3.05) is 7.05 Å². The van der Waals surface area contributed by atoms with Gasteiger partial charge in [0.25, 0.3) is 0 Å². The molecular weight excluding hydrogens is 330 g/mol. The highest BCUT2D eigenvalue weighted by Crippen LogP contribution is 2.36. The molecule has 4 heteroatoms. The molecule has 0 fully saturated rings. The van der Waals surface area contributed by atoms with Crippen LogP contribution in [0.4, 0.5) is 0 Å². The van der Waals surface area contributed by atoms with Gasteiger partial charge in [-0.05, 0) is 42.9 Å². The third kappa shape index (κ3) is 3.51. The standard InChI is InChI=1S/C14H13BrClNS/c1-17-9-10-3-2-4-13(16)14(10)18-12-7-5-11(15)6-8-12/h2-8,17H,9H2,1H3. The number of halogens is 2. The summed E-state index contributed by atoms with van der Waals surface area (Å²) >= 11 is 11.4. The topological polar surface area (TPSA) is 12.0 Å². The lowest BCUT2D eigenvalue weighted by Crippen LogP contribution is -2.06. The van der Waals surface area contributed by atoms with Crippen LogP contribution in [0.5, 0.6) is 0 Å². The maximum absolute atomic E-state index is 6.29. The summed E-state index contributed by atoms with van der Waals surface area (Å²) < 4.78 is 1.08. The van der Waals surface area contributed by atoms with Crippen LogP contribution in [0.2, 0.25) is 5.02 Å². The summed E-state index contributed by atoms with van der Waals surface area (Å²) in [7, 11) is 1.94. The number of nitrogens with one attached hydrogen (secondary N) is 1. The van der Waals surface area contributed by atoms with Gasteiger partial charge in [0.15, 0.2) is 0 Å². The molecule has 0 atom stereocenters. The SMILES string of the molecule is CNCc1cccc(Cl)c1Sc1ccc(Br)cc1. The van der Waals surface area contributed by atoms with Crippen molar-refractivity contribution in [2.45, 2.75) is 16.3 Å². The first-order valence-electron chi connectivity index (χ1n) is 5.56. The number of rotatable bonds is 4. The zero-order valence-electron chi connectivity index (χ0n) is 9.91. The molecule has 0 aromatic heterocycles. The molecule has 2 aromatic rings. The highest BCUT2D eigenvalue weighted by Gasteiger charge is 2.08. The molecule has 0 bridgehead atoms. The molecule has 2 rings (SSSR count). The Bertz CT molecular complexity index is 528. The van der Waals surface area contributed by atoms with Gasteiger partial charge < -0.3 is 5.32 Å². The van der Waals surface area contributed by atoms with Gasteiger partial charge >= 0.3 is 0 Å². The molecule has 0 amide bonds. The zero-order valence-corrected chi connectivity index (χ0v) is 13.1. The first-order chi connectivity index (χ1) is 8.70. The molecule has 0 saturated heterocycles. The molecule has 0 saturated carbocycles. The maximum Gasteiger partial charge on any atom is 0.0548 e. The fourth-order valence-corrected chi connectivity index (χ4v) is 3.14. The Hall–Kier alpha value is -0.480. The minimum absolute atomic E-state index is 0.802. The maximum atomic E-state index is 6.29. The van der Waals surface area contributed by atoms with Gasteiger partial charge in [-0.15, -0.1) is 0 Å². The highest BCUT2D eigenvalue weighted by molar-refractivity contribution is 9.10. The summed E-state index contributed by atoms with van der Waals surface area (Å²) in [4.78, 5) is 2.31. The van der Waals surface area contributed by atoms with E-state index in [4.69, 9.17) is 11.6 Å². The second-order valence-corrected chi connectivity index (χ2v) is 6.22. The Labute approximate surface area is 125 Å². The van der Waals surface area contributed by atoms with Crippen molar-refractivity contribution in [1.82, 2.24) is 5.32 Å². The molecule has 0 unspecified atom stereocenters. The second-order valence-electron chi connectivity index (χ2n) is 3.81. The Morgan fingerprint density at radius 2 is 1.89 bits per heavy atom. The average Bonchev–Trinajstić information content (AvgIpc) is 2.36. The van der Waals surface area contributed by atoms with Crippen LogP contribution in [0.3, 0.4) is 0 Å². The van der Waals surface area contributed by atoms with Crippen LogP contribution in [-0.4, -0.2) is 7.05 Å². The Kier molecular flexibility index (Phi) is 5.13. The molecule has 0 heterocycles. The number of hydrogen-bond donors (Lipinski definition) is 1. The van der Waals surface area contributed by atoms with E-state index >= 15 is 0 Å². The lowest BCUT2D eigenvalue weighted by Gasteiger charge is -2.10. The molecule has 0 spiro atoms. The van der Waals surface area contributed by atoms with Crippen molar-refractivity contribution in [3.8, 4) is 0 Å². The molecule has 0 aliphatic carbocycles. The molecule has 18 heavy (non-hydrogen) atoms. The van der Waals surface area contributed by atoms with E-state index in [-0.39, 0.29) is 0 Å². The number of benzene rings is 2. The minimum Gasteiger partial charge on any atom is -0.316 e. The monoisotopic (exact) mass is 341 g/mol. The van der Waals surface area contributed by atoms with Crippen LogP contribution in [0.1, 0.15) is 5.56 Å². The molecule has 94 valence electrons. The Morgan fingerprint density at radius 3 is 2.56 bits per heavy atom. The van der Waals surface area contributed by atoms with E-state index in [0.29, 0.717) is 0 Å². The first-order valence-corrected chi connectivity index (χ1v) is 7.55. The summed E-state index contributed by atoms with van der Waals surface area (Å²) in [5, 5.41) is 3.97. The van der Waals surface area contributed by atoms with E-state index in [1.165, 1.54) is 10.5 Å². The third-order valence-electron chi connectivity index (χ3n) is 2.45. The van der Waals surface area contributed by atoms with Crippen molar-refractivity contribution in [3.05, 3.63) is 57.5 Å². The molecule has 0 aliphatic heterocycles. The molecule has 0 aliphatic rings. The molecule has 1 nitrogen and oxygen atoms in total. The van der Waals surface area contributed by atoms with Gasteiger partial charge in [0.2, 0.25) is 0 Å². The molecule has 1 N–H and O–H groups in total. The van der Waals surface area contributed by atoms with Crippen molar-refractivity contribution >= 4 is 39.3 Å². The lowest BCUT2D eigenvalue weighted by molar-refractivity contribution is 0.803. The van der Waals surface area contributed by atoms with Crippen LogP contribution in [0.25, 0.3) is 0 Å². The van der Waals surface area contributed by atoms with Crippen molar-refractivity contribution < 1.29 is 0 Å². The van der Waals surface area contributed by atoms with Crippen molar-refractivity contribution in [3.63, 3.8) is 0 Å². The van der Waals surface area contributed by atoms with E-state index in [1.807, 2.05) is 31.3 Å². The smallest absolute Gasteiger partial charge is 0.0548 e. The third-order valence-corrected chi connectivity index (χ3v) is 4.60. The molecular formula is C14H13BrClNS. The summed E-state index contributed by atoms with van der Waals surface area (Å²) in [6.07, 6.45) is 0. The predicted molar refractivity (Wildman–Crippen MR) is 82.5 cm³/mol. The van der Waals surface area contributed by atoms with Gasteiger partial charge in [-0.1, -0.05) is 51.4 Å². The van der Waals surface area contributed by atoms with Gasteiger partial charge in [-0.3, -0.25) is 0 Å². The van der Waals surface area contributed by atoms with E-state index in [1.54, 1.807) is 11.8 Å². The van der Waals surface area contributed by atoms with Crippen molar-refractivity contribution in [1.29, 1.82) is 0 Å². The van der Waals surface area contributed by atoms with Crippen molar-refractivity contribution in [2.24, 2.45) is 0 Å². The minimum atomic E-state index is 0.802. The first kappa shape index (κ1) is 13.9. The van der Waals surface area contributed by atoms with Crippen LogP contribution >= 0.6 is 39.3 Å². The predicted octanol–water partition coefficient (Wildman–Crippen LogP) is 4.97. The van der Waals surface area contributed by atoms with Crippen LogP contribution in [0.15, 0.2) is 56.7 Å². The quantitative estimate of drug-likeness (QED) is 0.841. The average molecular weight is 343 g/mol. The molecule has 2 aromatic carbocycles. The summed E-state index contributed by atoms with van der Waals surface area (Å²) in [5.74, 6) is 0. The van der Waals surface area contributed by atoms with Gasteiger partial charge in [0.1, 0.15) is 0 Å². The van der Waals surface area contributed by atoms with Gasteiger partial charge in [0, 0.05) is 20.8 Å². The van der Waals surface area contributed by atoms with E-state index < -0.39 is 0 Å². The normalized spacial score (nSPS) is 10.6.